The van der Waals surface area contributed by atoms with E-state index in [4.69, 9.17) is 16.7 Å². The van der Waals surface area contributed by atoms with Crippen LogP contribution in [-0.2, 0) is 0 Å². The van der Waals surface area contributed by atoms with Gasteiger partial charge in [-0.25, -0.2) is 4.79 Å². The van der Waals surface area contributed by atoms with Crippen molar-refractivity contribution in [2.45, 2.75) is 25.8 Å². The van der Waals surface area contributed by atoms with Crippen molar-refractivity contribution < 1.29 is 9.90 Å². The van der Waals surface area contributed by atoms with Gasteiger partial charge >= 0.3 is 6.03 Å². The van der Waals surface area contributed by atoms with E-state index in [-0.39, 0.29) is 12.6 Å². The standard InChI is InChI=1S/C14H22ClN3O2/c1-14(2,7-8-19)17-13(20)16-10-5-6-12(18(3)4)11(15)9-10/h5-6,9,19H,7-8H2,1-4H3,(H2,16,17,20). The molecule has 0 aliphatic carbocycles. The van der Waals surface area contributed by atoms with Crippen LogP contribution in [0.5, 0.6) is 0 Å². The number of carbonyl (C=O) groups excluding carboxylic acids is 1. The molecule has 2 amide bonds. The van der Waals surface area contributed by atoms with Gasteiger partial charge in [0.05, 0.1) is 10.7 Å². The van der Waals surface area contributed by atoms with E-state index in [9.17, 15) is 4.79 Å². The van der Waals surface area contributed by atoms with Gasteiger partial charge in [0.2, 0.25) is 0 Å². The van der Waals surface area contributed by atoms with Crippen molar-refractivity contribution >= 4 is 29.0 Å². The van der Waals surface area contributed by atoms with Crippen molar-refractivity contribution in [2.75, 3.05) is 30.9 Å². The van der Waals surface area contributed by atoms with Crippen molar-refractivity contribution in [2.24, 2.45) is 0 Å². The molecule has 0 aliphatic heterocycles. The van der Waals surface area contributed by atoms with Gasteiger partial charge in [-0.05, 0) is 38.5 Å². The van der Waals surface area contributed by atoms with Crippen LogP contribution in [0.4, 0.5) is 16.2 Å². The predicted octanol–water partition coefficient (Wildman–Crippen LogP) is 2.69. The molecule has 0 atom stereocenters. The third-order valence-electron chi connectivity index (χ3n) is 2.88. The van der Waals surface area contributed by atoms with Gasteiger partial charge in [0, 0.05) is 31.9 Å². The highest BCUT2D eigenvalue weighted by Crippen LogP contribution is 2.27. The van der Waals surface area contributed by atoms with E-state index in [1.54, 1.807) is 12.1 Å². The maximum atomic E-state index is 11.9. The van der Waals surface area contributed by atoms with E-state index in [0.29, 0.717) is 17.1 Å². The second-order valence-electron chi connectivity index (χ2n) is 5.50. The fraction of sp³-hybridized carbons (Fsp3) is 0.500. The minimum Gasteiger partial charge on any atom is -0.396 e. The number of nitrogens with zero attached hydrogens (tertiary/aromatic N) is 1. The number of amides is 2. The van der Waals surface area contributed by atoms with Gasteiger partial charge in [0.25, 0.3) is 0 Å². The Morgan fingerprint density at radius 3 is 2.55 bits per heavy atom. The zero-order valence-electron chi connectivity index (χ0n) is 12.3. The summed E-state index contributed by atoms with van der Waals surface area (Å²) in [5, 5.41) is 15.0. The molecule has 1 aromatic rings. The normalized spacial score (nSPS) is 11.1. The Bertz CT molecular complexity index is 475. The Morgan fingerprint density at radius 2 is 2.05 bits per heavy atom. The van der Waals surface area contributed by atoms with E-state index in [0.717, 1.165) is 5.69 Å². The first-order valence-electron chi connectivity index (χ1n) is 6.42. The zero-order chi connectivity index (χ0) is 15.3. The Balaban J connectivity index is 2.70. The summed E-state index contributed by atoms with van der Waals surface area (Å²) in [7, 11) is 3.80. The first kappa shape index (κ1) is 16.6. The fourth-order valence-electron chi connectivity index (χ4n) is 1.76. The second kappa shape index (κ2) is 6.81. The number of carbonyl (C=O) groups is 1. The van der Waals surface area contributed by atoms with Gasteiger partial charge in [0.1, 0.15) is 0 Å². The average Bonchev–Trinajstić information content (AvgIpc) is 2.26. The number of halogens is 1. The number of anilines is 2. The molecule has 5 nitrogen and oxygen atoms in total. The van der Waals surface area contributed by atoms with E-state index >= 15 is 0 Å². The van der Waals surface area contributed by atoms with Gasteiger partial charge in [0.15, 0.2) is 0 Å². The van der Waals surface area contributed by atoms with Crippen molar-refractivity contribution in [3.05, 3.63) is 23.2 Å². The van der Waals surface area contributed by atoms with Crippen LogP contribution in [0.15, 0.2) is 18.2 Å². The maximum Gasteiger partial charge on any atom is 0.319 e. The number of aliphatic hydroxyl groups is 1. The van der Waals surface area contributed by atoms with Gasteiger partial charge in [-0.1, -0.05) is 11.6 Å². The summed E-state index contributed by atoms with van der Waals surface area (Å²) in [6, 6.07) is 5.02. The SMILES string of the molecule is CN(C)c1ccc(NC(=O)NC(C)(C)CCO)cc1Cl. The lowest BCUT2D eigenvalue weighted by Crippen LogP contribution is -2.46. The quantitative estimate of drug-likeness (QED) is 0.783. The van der Waals surface area contributed by atoms with Crippen molar-refractivity contribution in [3.8, 4) is 0 Å². The summed E-state index contributed by atoms with van der Waals surface area (Å²) < 4.78 is 0. The molecule has 0 saturated heterocycles. The Morgan fingerprint density at radius 1 is 1.40 bits per heavy atom. The number of hydrogen-bond acceptors (Lipinski definition) is 3. The summed E-state index contributed by atoms with van der Waals surface area (Å²) in [4.78, 5) is 13.8. The van der Waals surface area contributed by atoms with Crippen LogP contribution in [0.25, 0.3) is 0 Å². The molecule has 0 unspecified atom stereocenters. The number of nitrogens with one attached hydrogen (secondary N) is 2. The largest absolute Gasteiger partial charge is 0.396 e. The van der Waals surface area contributed by atoms with Gasteiger partial charge in [-0.3, -0.25) is 0 Å². The highest BCUT2D eigenvalue weighted by molar-refractivity contribution is 6.33. The summed E-state index contributed by atoms with van der Waals surface area (Å²) >= 11 is 6.14. The number of benzene rings is 1. The first-order chi connectivity index (χ1) is 9.25. The molecule has 1 aromatic carbocycles. The van der Waals surface area contributed by atoms with Gasteiger partial charge < -0.3 is 20.6 Å². The average molecular weight is 300 g/mol. The van der Waals surface area contributed by atoms with Crippen LogP contribution in [-0.4, -0.2) is 37.4 Å². The molecular formula is C14H22ClN3O2. The summed E-state index contributed by atoms with van der Waals surface area (Å²) in [5.74, 6) is 0. The Labute approximate surface area is 124 Å². The maximum absolute atomic E-state index is 11.9. The summed E-state index contributed by atoms with van der Waals surface area (Å²) in [6.07, 6.45) is 0.487. The fourth-order valence-corrected chi connectivity index (χ4v) is 2.11. The van der Waals surface area contributed by atoms with E-state index in [2.05, 4.69) is 10.6 Å². The lowest BCUT2D eigenvalue weighted by Gasteiger charge is -2.25. The van der Waals surface area contributed by atoms with Crippen molar-refractivity contribution in [3.63, 3.8) is 0 Å². The molecule has 0 spiro atoms. The zero-order valence-corrected chi connectivity index (χ0v) is 13.1. The first-order valence-corrected chi connectivity index (χ1v) is 6.80. The summed E-state index contributed by atoms with van der Waals surface area (Å²) in [6.45, 7) is 3.73. The Kier molecular flexibility index (Phi) is 5.65. The second-order valence-corrected chi connectivity index (χ2v) is 5.90. The monoisotopic (exact) mass is 299 g/mol. The highest BCUT2D eigenvalue weighted by Gasteiger charge is 2.19. The highest BCUT2D eigenvalue weighted by atomic mass is 35.5. The molecule has 20 heavy (non-hydrogen) atoms. The van der Waals surface area contributed by atoms with Crippen LogP contribution in [0.1, 0.15) is 20.3 Å². The minimum atomic E-state index is -0.466. The van der Waals surface area contributed by atoms with Crippen molar-refractivity contribution in [1.82, 2.24) is 5.32 Å². The number of rotatable bonds is 5. The molecule has 0 bridgehead atoms. The molecule has 112 valence electrons. The molecule has 0 heterocycles. The van der Waals surface area contributed by atoms with Crippen LogP contribution >= 0.6 is 11.6 Å². The van der Waals surface area contributed by atoms with Gasteiger partial charge in [-0.2, -0.15) is 0 Å². The third-order valence-corrected chi connectivity index (χ3v) is 3.18. The van der Waals surface area contributed by atoms with Crippen LogP contribution in [0.3, 0.4) is 0 Å². The number of aliphatic hydroxyl groups excluding tert-OH is 1. The van der Waals surface area contributed by atoms with E-state index < -0.39 is 5.54 Å². The molecule has 1 rings (SSSR count). The molecule has 0 saturated carbocycles. The molecular weight excluding hydrogens is 278 g/mol. The summed E-state index contributed by atoms with van der Waals surface area (Å²) in [5.41, 5.74) is 1.04. The molecule has 0 fully saturated rings. The van der Waals surface area contributed by atoms with Gasteiger partial charge in [-0.15, -0.1) is 0 Å². The smallest absolute Gasteiger partial charge is 0.319 e. The molecule has 0 aromatic heterocycles. The number of urea groups is 1. The molecule has 0 aliphatic rings. The molecule has 3 N–H and O–H groups in total. The minimum absolute atomic E-state index is 0.0244. The predicted molar refractivity (Wildman–Crippen MR) is 83.7 cm³/mol. The van der Waals surface area contributed by atoms with E-state index in [1.165, 1.54) is 0 Å². The topological polar surface area (TPSA) is 64.6 Å². The van der Waals surface area contributed by atoms with E-state index in [1.807, 2.05) is 38.9 Å². The Hall–Kier alpha value is -1.46. The third kappa shape index (κ3) is 4.90. The van der Waals surface area contributed by atoms with Crippen LogP contribution in [0.2, 0.25) is 5.02 Å². The van der Waals surface area contributed by atoms with Crippen LogP contribution in [0, 0.1) is 0 Å². The molecule has 6 heteroatoms. The lowest BCUT2D eigenvalue weighted by atomic mass is 10.0. The number of hydrogen-bond donors (Lipinski definition) is 3. The lowest BCUT2D eigenvalue weighted by molar-refractivity contribution is 0.218. The van der Waals surface area contributed by atoms with Crippen molar-refractivity contribution in [1.29, 1.82) is 0 Å². The molecule has 0 radical (unpaired) electrons. The van der Waals surface area contributed by atoms with Crippen LogP contribution < -0.4 is 15.5 Å².